The third kappa shape index (κ3) is 4.43. The number of hydrogen-bond acceptors (Lipinski definition) is 5. The summed E-state index contributed by atoms with van der Waals surface area (Å²) in [6.07, 6.45) is -6.34. The molecule has 1 aliphatic heterocycles. The van der Waals surface area contributed by atoms with Crippen molar-refractivity contribution in [2.75, 3.05) is 18.8 Å². The number of nitrogens with one attached hydrogen (secondary N) is 1. The number of halogens is 3. The minimum atomic E-state index is -3.54. The van der Waals surface area contributed by atoms with Crippen molar-refractivity contribution in [1.82, 2.24) is 20.1 Å². The molecule has 0 bridgehead atoms. The van der Waals surface area contributed by atoms with E-state index in [-0.39, 0.29) is 24.2 Å². The van der Waals surface area contributed by atoms with Gasteiger partial charge in [-0.15, -0.1) is 0 Å². The van der Waals surface area contributed by atoms with Crippen LogP contribution in [0.2, 0.25) is 0 Å². The van der Waals surface area contributed by atoms with Crippen molar-refractivity contribution >= 4 is 5.82 Å². The van der Waals surface area contributed by atoms with E-state index in [1.54, 1.807) is 0 Å². The Morgan fingerprint density at radius 1 is 1.25 bits per heavy atom. The van der Waals surface area contributed by atoms with Crippen molar-refractivity contribution in [3.05, 3.63) is 59.3 Å². The van der Waals surface area contributed by atoms with Gasteiger partial charge < -0.3 is 15.8 Å². The molecular formula is C23H26F3N5O. The Morgan fingerprint density at radius 3 is 2.78 bits per heavy atom. The van der Waals surface area contributed by atoms with Crippen LogP contribution in [0.4, 0.5) is 19.0 Å². The van der Waals surface area contributed by atoms with Crippen LogP contribution < -0.4 is 15.8 Å². The van der Waals surface area contributed by atoms with Gasteiger partial charge in [0.15, 0.2) is 17.7 Å². The van der Waals surface area contributed by atoms with Crippen molar-refractivity contribution in [2.24, 2.45) is 0 Å². The van der Waals surface area contributed by atoms with Crippen LogP contribution in [0.25, 0.3) is 11.1 Å². The number of alkyl halides is 2. The number of nitrogen functional groups attached to an aromatic ring is 1. The summed E-state index contributed by atoms with van der Waals surface area (Å²) in [6.45, 7) is -6.68. The number of ether oxygens (including phenoxy) is 1. The van der Waals surface area contributed by atoms with Crippen LogP contribution in [0.3, 0.4) is 0 Å². The molecule has 0 saturated carbocycles. The van der Waals surface area contributed by atoms with Gasteiger partial charge in [-0.3, -0.25) is 4.68 Å². The molecule has 170 valence electrons. The molecule has 3 N–H and O–H groups in total. The van der Waals surface area contributed by atoms with Crippen molar-refractivity contribution in [1.29, 1.82) is 0 Å². The second-order valence-electron chi connectivity index (χ2n) is 6.99. The molecule has 32 heavy (non-hydrogen) atoms. The number of hydrogen-bond donors (Lipinski definition) is 2. The lowest BCUT2D eigenvalue weighted by atomic mass is 9.97. The number of rotatable bonds is 6. The lowest BCUT2D eigenvalue weighted by Gasteiger charge is -2.23. The Labute approximate surface area is 198 Å². The zero-order valence-electron chi connectivity index (χ0n) is 26.6. The van der Waals surface area contributed by atoms with Gasteiger partial charge >= 0.3 is 0 Å². The van der Waals surface area contributed by atoms with Gasteiger partial charge in [-0.1, -0.05) is 6.07 Å². The van der Waals surface area contributed by atoms with Crippen molar-refractivity contribution in [3.63, 3.8) is 0 Å². The molecule has 3 heterocycles. The number of piperidine rings is 1. The molecule has 3 aromatic rings. The van der Waals surface area contributed by atoms with Gasteiger partial charge in [0.05, 0.1) is 12.2 Å². The number of pyridine rings is 1. The Kier molecular flexibility index (Phi) is 3.69. The van der Waals surface area contributed by atoms with E-state index in [1.807, 2.05) is 0 Å². The largest absolute Gasteiger partial charge is 0.476 e. The number of aryl methyl sites for hydroxylation is 1. The van der Waals surface area contributed by atoms with E-state index in [9.17, 15) is 13.2 Å². The summed E-state index contributed by atoms with van der Waals surface area (Å²) >= 11 is 0. The molecule has 4 rings (SSSR count). The summed E-state index contributed by atoms with van der Waals surface area (Å²) in [5.74, 6) is -2.35. The molecular weight excluding hydrogens is 419 g/mol. The predicted octanol–water partition coefficient (Wildman–Crippen LogP) is 4.59. The molecule has 1 aromatic carbocycles. The van der Waals surface area contributed by atoms with Crippen LogP contribution in [0, 0.1) is 19.5 Å². The Morgan fingerprint density at radius 2 is 2.06 bits per heavy atom. The fourth-order valence-corrected chi connectivity index (χ4v) is 3.26. The van der Waals surface area contributed by atoms with Gasteiger partial charge in [0, 0.05) is 42.8 Å². The highest BCUT2D eigenvalue weighted by Gasteiger charge is 2.30. The number of anilines is 1. The lowest BCUT2D eigenvalue weighted by Crippen LogP contribution is -2.29. The molecule has 9 heteroatoms. The molecule has 1 unspecified atom stereocenters. The van der Waals surface area contributed by atoms with Crippen molar-refractivity contribution in [2.45, 2.75) is 45.0 Å². The first-order valence-electron chi connectivity index (χ1n) is 14.5. The first-order valence-corrected chi connectivity index (χ1v) is 9.53. The van der Waals surface area contributed by atoms with Crippen LogP contribution in [0.1, 0.15) is 55.3 Å². The van der Waals surface area contributed by atoms with Gasteiger partial charge in [-0.2, -0.15) is 5.10 Å². The van der Waals surface area contributed by atoms with Gasteiger partial charge in [0.1, 0.15) is 5.82 Å². The second kappa shape index (κ2) is 9.20. The topological polar surface area (TPSA) is 78.0 Å². The highest BCUT2D eigenvalue weighted by molar-refractivity contribution is 5.66. The SMILES string of the molecule is [2H]C([2H])([2H])c1ccc(F)c(C([2H])([2H])[2H])c1C(Oc1cc(-c2cnn(C3C([2H])([2H])CNCC3([2H])[2H])c2)cnc1N)C(F)F. The lowest BCUT2D eigenvalue weighted by molar-refractivity contribution is 0.00988. The van der Waals surface area contributed by atoms with Gasteiger partial charge in [0.25, 0.3) is 6.43 Å². The number of benzene rings is 1. The van der Waals surface area contributed by atoms with E-state index >= 15 is 0 Å². The van der Waals surface area contributed by atoms with Gasteiger partial charge in [0.2, 0.25) is 0 Å². The first-order chi connectivity index (χ1) is 19.2. The Bertz CT molecular complexity index is 1450. The van der Waals surface area contributed by atoms with Crippen molar-refractivity contribution in [3.8, 4) is 16.9 Å². The van der Waals surface area contributed by atoms with E-state index in [0.717, 1.165) is 10.7 Å². The average molecular weight is 456 g/mol. The van der Waals surface area contributed by atoms with Gasteiger partial charge in [-0.05, 0) is 62.8 Å². The van der Waals surface area contributed by atoms with E-state index in [4.69, 9.17) is 24.2 Å². The summed E-state index contributed by atoms with van der Waals surface area (Å²) in [4.78, 5) is 3.92. The van der Waals surface area contributed by atoms with Crippen LogP contribution >= 0.6 is 0 Å². The monoisotopic (exact) mass is 455 g/mol. The quantitative estimate of drug-likeness (QED) is 0.568. The summed E-state index contributed by atoms with van der Waals surface area (Å²) in [5, 5.41) is 6.81. The van der Waals surface area contributed by atoms with Crippen LogP contribution in [-0.4, -0.2) is 34.3 Å². The molecule has 0 amide bonds. The number of nitrogens with two attached hydrogens (primary N) is 1. The zero-order chi connectivity index (χ0) is 31.4. The Balaban J connectivity index is 1.78. The maximum atomic E-state index is 14.8. The third-order valence-corrected chi connectivity index (χ3v) is 4.88. The van der Waals surface area contributed by atoms with E-state index in [0.29, 0.717) is 12.1 Å². The normalized spacial score (nSPS) is 24.4. The maximum absolute atomic E-state index is 14.8. The van der Waals surface area contributed by atoms with Gasteiger partial charge in [-0.25, -0.2) is 18.2 Å². The Hall–Kier alpha value is -3.07. The molecule has 0 aliphatic carbocycles. The van der Waals surface area contributed by atoms with E-state index < -0.39 is 79.1 Å². The van der Waals surface area contributed by atoms with Crippen LogP contribution in [0.15, 0.2) is 36.8 Å². The number of nitrogens with zero attached hydrogens (tertiary/aromatic N) is 3. The minimum Gasteiger partial charge on any atom is -0.476 e. The maximum Gasteiger partial charge on any atom is 0.279 e. The highest BCUT2D eigenvalue weighted by Crippen LogP contribution is 2.36. The minimum absolute atomic E-state index is 0.126. The highest BCUT2D eigenvalue weighted by atomic mass is 19.3. The molecule has 0 spiro atoms. The summed E-state index contributed by atoms with van der Waals surface area (Å²) in [6, 6.07) is 1.12. The fraction of sp³-hybridized carbons (Fsp3) is 0.391. The standard InChI is InChI=1S/C23H26F3N5O/c1-13-3-4-18(24)14(2)20(13)21(22(25)26)32-19-9-15(10-29-23(19)27)16-11-30-31(12-16)17-5-7-28-8-6-17/h3-4,9-12,17,21-22,28H,5-8H2,1-2H3,(H2,27,29)/i1D3,2D3,5D2,6D2. The summed E-state index contributed by atoms with van der Waals surface area (Å²) in [7, 11) is 0. The molecule has 6 nitrogen and oxygen atoms in total. The molecule has 1 aliphatic rings. The number of aromatic nitrogens is 3. The zero-order valence-corrected chi connectivity index (χ0v) is 16.6. The van der Waals surface area contributed by atoms with Crippen LogP contribution in [0.5, 0.6) is 5.75 Å². The van der Waals surface area contributed by atoms with Crippen molar-refractivity contribution < 1.29 is 31.6 Å². The molecule has 1 saturated heterocycles. The van der Waals surface area contributed by atoms with E-state index in [2.05, 4.69) is 15.4 Å². The molecule has 1 atom stereocenters. The predicted molar refractivity (Wildman–Crippen MR) is 116 cm³/mol. The average Bonchev–Trinajstić information content (AvgIpc) is 3.29. The second-order valence-corrected chi connectivity index (χ2v) is 6.99. The summed E-state index contributed by atoms with van der Waals surface area (Å²) < 4.78 is 130. The molecule has 0 radical (unpaired) electrons. The van der Waals surface area contributed by atoms with E-state index in [1.165, 1.54) is 18.6 Å². The molecule has 1 fully saturated rings. The smallest absolute Gasteiger partial charge is 0.279 e. The summed E-state index contributed by atoms with van der Waals surface area (Å²) in [5.41, 5.74) is 3.16. The molecule has 2 aromatic heterocycles. The first kappa shape index (κ1) is 12.8. The van der Waals surface area contributed by atoms with Crippen LogP contribution in [-0.2, 0) is 0 Å². The fourth-order valence-electron chi connectivity index (χ4n) is 3.26. The third-order valence-electron chi connectivity index (χ3n) is 4.88.